The van der Waals surface area contributed by atoms with E-state index in [0.29, 0.717) is 0 Å². The summed E-state index contributed by atoms with van der Waals surface area (Å²) in [4.78, 5) is 20.2. The Labute approximate surface area is 88.8 Å². The summed E-state index contributed by atoms with van der Waals surface area (Å²) in [5.74, 6) is -3.60. The van der Waals surface area contributed by atoms with Crippen molar-refractivity contribution in [1.29, 1.82) is 0 Å². The van der Waals surface area contributed by atoms with E-state index in [1.165, 1.54) is 0 Å². The zero-order valence-corrected chi connectivity index (χ0v) is 8.20. The quantitative estimate of drug-likeness (QED) is 0.450. The number of nitrogens with zero attached hydrogens (tertiary/aromatic N) is 1. The molecule has 0 aliphatic rings. The van der Waals surface area contributed by atoms with Gasteiger partial charge in [-0.3, -0.25) is 14.9 Å². The Morgan fingerprint density at radius 3 is 2.62 bits per heavy atom. The lowest BCUT2D eigenvalue weighted by Gasteiger charge is -2.01. The number of nitro groups is 1. The predicted molar refractivity (Wildman–Crippen MR) is 48.7 cm³/mol. The Morgan fingerprint density at radius 1 is 1.50 bits per heavy atom. The third kappa shape index (κ3) is 2.50. The lowest BCUT2D eigenvalue weighted by Crippen LogP contribution is -2.06. The molecular weight excluding hydrogens is 224 g/mol. The minimum absolute atomic E-state index is 0.0162. The van der Waals surface area contributed by atoms with Crippen LogP contribution in [-0.4, -0.2) is 18.0 Å². The van der Waals surface area contributed by atoms with Gasteiger partial charge >= 0.3 is 11.7 Å². The molecule has 1 aromatic carbocycles. The Bertz CT molecular complexity index is 447. The van der Waals surface area contributed by atoms with Gasteiger partial charge in [0.15, 0.2) is 5.82 Å². The lowest BCUT2D eigenvalue weighted by atomic mass is 10.1. The Balaban J connectivity index is 3.14. The van der Waals surface area contributed by atoms with Crippen molar-refractivity contribution in [3.63, 3.8) is 0 Å². The molecule has 0 saturated heterocycles. The number of halogens is 2. The van der Waals surface area contributed by atoms with Crippen LogP contribution >= 0.6 is 0 Å². The minimum atomic E-state index is -1.54. The molecule has 0 aliphatic heterocycles. The SMILES string of the molecule is COC(=O)Cc1cc(F)c(F)c([N+](=O)[O-])c1. The number of nitro benzene ring substituents is 1. The smallest absolute Gasteiger partial charge is 0.309 e. The molecule has 7 heteroatoms. The van der Waals surface area contributed by atoms with Crippen LogP contribution in [0, 0.1) is 21.7 Å². The summed E-state index contributed by atoms with van der Waals surface area (Å²) in [6.45, 7) is 0. The normalized spacial score (nSPS) is 9.94. The van der Waals surface area contributed by atoms with Crippen molar-refractivity contribution in [2.24, 2.45) is 0 Å². The molecule has 0 heterocycles. The summed E-state index contributed by atoms with van der Waals surface area (Å²) in [5, 5.41) is 10.4. The van der Waals surface area contributed by atoms with Crippen molar-refractivity contribution < 1.29 is 23.2 Å². The Kier molecular flexibility index (Phi) is 3.49. The van der Waals surface area contributed by atoms with Crippen LogP contribution in [0.25, 0.3) is 0 Å². The van der Waals surface area contributed by atoms with Crippen LogP contribution in [0.15, 0.2) is 12.1 Å². The van der Waals surface area contributed by atoms with Crippen LogP contribution in [0.5, 0.6) is 0 Å². The molecule has 0 fully saturated rings. The van der Waals surface area contributed by atoms with E-state index in [9.17, 15) is 23.7 Å². The van der Waals surface area contributed by atoms with Gasteiger partial charge < -0.3 is 4.74 Å². The molecule has 5 nitrogen and oxygen atoms in total. The largest absolute Gasteiger partial charge is 0.469 e. The molecule has 0 aromatic heterocycles. The van der Waals surface area contributed by atoms with Gasteiger partial charge in [-0.25, -0.2) is 4.39 Å². The summed E-state index contributed by atoms with van der Waals surface area (Å²) >= 11 is 0. The number of esters is 1. The second-order valence-corrected chi connectivity index (χ2v) is 2.92. The molecule has 0 unspecified atom stereocenters. The molecule has 0 bridgehead atoms. The van der Waals surface area contributed by atoms with E-state index in [2.05, 4.69) is 4.74 Å². The van der Waals surface area contributed by atoms with Gasteiger partial charge in [0.25, 0.3) is 0 Å². The molecule has 0 atom stereocenters. The average Bonchev–Trinajstić information content (AvgIpc) is 2.22. The highest BCUT2D eigenvalue weighted by Gasteiger charge is 2.20. The molecular formula is C9H7F2NO4. The van der Waals surface area contributed by atoms with Gasteiger partial charge in [-0.2, -0.15) is 4.39 Å². The molecule has 0 aliphatic carbocycles. The molecule has 0 saturated carbocycles. The number of carbonyl (C=O) groups is 1. The zero-order chi connectivity index (χ0) is 12.3. The van der Waals surface area contributed by atoms with Crippen molar-refractivity contribution in [3.8, 4) is 0 Å². The molecule has 16 heavy (non-hydrogen) atoms. The summed E-state index contributed by atoms with van der Waals surface area (Å²) in [6, 6.07) is 1.52. The molecule has 86 valence electrons. The van der Waals surface area contributed by atoms with Crippen LogP contribution in [0.1, 0.15) is 5.56 Å². The van der Waals surface area contributed by atoms with Crippen LogP contribution in [0.2, 0.25) is 0 Å². The molecule has 0 N–H and O–H groups in total. The molecule has 1 rings (SSSR count). The number of carbonyl (C=O) groups excluding carboxylic acids is 1. The summed E-state index contributed by atoms with van der Waals surface area (Å²) in [5.41, 5.74) is -1.02. The second kappa shape index (κ2) is 4.65. The predicted octanol–water partition coefficient (Wildman–Crippen LogP) is 1.59. The van der Waals surface area contributed by atoms with Gasteiger partial charge in [-0.05, 0) is 11.6 Å². The van der Waals surface area contributed by atoms with Crippen LogP contribution in [0.3, 0.4) is 0 Å². The fourth-order valence-corrected chi connectivity index (χ4v) is 1.10. The van der Waals surface area contributed by atoms with Gasteiger partial charge in [-0.15, -0.1) is 0 Å². The average molecular weight is 231 g/mol. The Morgan fingerprint density at radius 2 is 2.12 bits per heavy atom. The van der Waals surface area contributed by atoms with Crippen LogP contribution < -0.4 is 0 Å². The van der Waals surface area contributed by atoms with Crippen LogP contribution in [0.4, 0.5) is 14.5 Å². The lowest BCUT2D eigenvalue weighted by molar-refractivity contribution is -0.387. The first-order valence-electron chi connectivity index (χ1n) is 4.15. The number of hydrogen-bond donors (Lipinski definition) is 0. The van der Waals surface area contributed by atoms with Gasteiger partial charge in [0.2, 0.25) is 5.82 Å². The number of hydrogen-bond acceptors (Lipinski definition) is 4. The minimum Gasteiger partial charge on any atom is -0.469 e. The van der Waals surface area contributed by atoms with E-state index in [1.807, 2.05) is 0 Å². The first kappa shape index (κ1) is 12.0. The fraction of sp³-hybridized carbons (Fsp3) is 0.222. The van der Waals surface area contributed by atoms with Gasteiger partial charge in [0, 0.05) is 6.07 Å². The number of methoxy groups -OCH3 is 1. The number of rotatable bonds is 3. The maximum atomic E-state index is 12.9. The molecule has 1 aromatic rings. The zero-order valence-electron chi connectivity index (χ0n) is 8.20. The topological polar surface area (TPSA) is 69.4 Å². The standard InChI is InChI=1S/C9H7F2NO4/c1-16-8(13)4-5-2-6(10)9(11)7(3-5)12(14)15/h2-3H,4H2,1H3. The van der Waals surface area contributed by atoms with Crippen molar-refractivity contribution >= 4 is 11.7 Å². The van der Waals surface area contributed by atoms with Crippen LogP contribution in [-0.2, 0) is 16.0 Å². The molecule has 0 amide bonds. The monoisotopic (exact) mass is 231 g/mol. The van der Waals surface area contributed by atoms with E-state index in [0.717, 1.165) is 19.2 Å². The van der Waals surface area contributed by atoms with Crippen molar-refractivity contribution in [3.05, 3.63) is 39.4 Å². The summed E-state index contributed by atoms with van der Waals surface area (Å²) in [7, 11) is 1.12. The van der Waals surface area contributed by atoms with Crippen molar-refractivity contribution in [2.45, 2.75) is 6.42 Å². The van der Waals surface area contributed by atoms with E-state index in [-0.39, 0.29) is 12.0 Å². The van der Waals surface area contributed by atoms with Gasteiger partial charge in [0.1, 0.15) is 0 Å². The summed E-state index contributed by atoms with van der Waals surface area (Å²) < 4.78 is 30.1. The maximum absolute atomic E-state index is 12.9. The molecule has 0 radical (unpaired) electrons. The highest BCUT2D eigenvalue weighted by atomic mass is 19.2. The fourth-order valence-electron chi connectivity index (χ4n) is 1.10. The first-order valence-corrected chi connectivity index (χ1v) is 4.15. The number of ether oxygens (including phenoxy) is 1. The van der Waals surface area contributed by atoms with E-state index < -0.39 is 28.2 Å². The summed E-state index contributed by atoms with van der Waals surface area (Å²) in [6.07, 6.45) is -0.353. The van der Waals surface area contributed by atoms with Gasteiger partial charge in [0.05, 0.1) is 18.5 Å². The molecule has 0 spiro atoms. The maximum Gasteiger partial charge on any atom is 0.309 e. The highest BCUT2D eigenvalue weighted by molar-refractivity contribution is 5.72. The third-order valence-electron chi connectivity index (χ3n) is 1.84. The van der Waals surface area contributed by atoms with Crippen molar-refractivity contribution in [2.75, 3.05) is 7.11 Å². The van der Waals surface area contributed by atoms with E-state index >= 15 is 0 Å². The number of benzene rings is 1. The van der Waals surface area contributed by atoms with Gasteiger partial charge in [-0.1, -0.05) is 0 Å². The second-order valence-electron chi connectivity index (χ2n) is 2.92. The van der Waals surface area contributed by atoms with Crippen molar-refractivity contribution in [1.82, 2.24) is 0 Å². The van der Waals surface area contributed by atoms with E-state index in [4.69, 9.17) is 0 Å². The van der Waals surface area contributed by atoms with E-state index in [1.54, 1.807) is 0 Å². The Hall–Kier alpha value is -2.05. The third-order valence-corrected chi connectivity index (χ3v) is 1.84. The highest BCUT2D eigenvalue weighted by Crippen LogP contribution is 2.22. The first-order chi connectivity index (χ1) is 7.45.